The van der Waals surface area contributed by atoms with Crippen LogP contribution in [0.4, 0.5) is 5.69 Å². The van der Waals surface area contributed by atoms with Gasteiger partial charge in [0.2, 0.25) is 5.91 Å². The Morgan fingerprint density at radius 3 is 2.67 bits per heavy atom. The Morgan fingerprint density at radius 2 is 2.11 bits per heavy atom. The second kappa shape index (κ2) is 6.86. The lowest BCUT2D eigenvalue weighted by molar-refractivity contribution is -0.117. The van der Waals surface area contributed by atoms with E-state index in [9.17, 15) is 4.79 Å². The smallest absolute Gasteiger partial charge is 0.241 e. The summed E-state index contributed by atoms with van der Waals surface area (Å²) in [6, 6.07) is 4.69. The lowest BCUT2D eigenvalue weighted by Crippen LogP contribution is -2.35. The van der Waals surface area contributed by atoms with Crippen molar-refractivity contribution in [3.63, 3.8) is 0 Å². The summed E-state index contributed by atoms with van der Waals surface area (Å²) in [4.78, 5) is 11.8. The van der Waals surface area contributed by atoms with E-state index < -0.39 is 6.04 Å². The molecule has 1 atom stereocenters. The fourth-order valence-electron chi connectivity index (χ4n) is 1.57. The second-order valence-electron chi connectivity index (χ2n) is 3.95. The van der Waals surface area contributed by atoms with Crippen LogP contribution in [-0.4, -0.2) is 26.2 Å². The predicted molar refractivity (Wildman–Crippen MR) is 71.1 cm³/mol. The highest BCUT2D eigenvalue weighted by atomic mass is 16.5. The van der Waals surface area contributed by atoms with E-state index in [-0.39, 0.29) is 5.91 Å². The third-order valence-corrected chi connectivity index (χ3v) is 2.60. The molecule has 0 unspecified atom stereocenters. The van der Waals surface area contributed by atoms with Gasteiger partial charge in [0, 0.05) is 6.07 Å². The summed E-state index contributed by atoms with van der Waals surface area (Å²) in [5, 5.41) is 2.75. The maximum atomic E-state index is 11.8. The van der Waals surface area contributed by atoms with Crippen molar-refractivity contribution in [3.05, 3.63) is 18.2 Å². The highest BCUT2D eigenvalue weighted by Crippen LogP contribution is 2.29. The molecule has 3 N–H and O–H groups in total. The van der Waals surface area contributed by atoms with Crippen LogP contribution in [-0.2, 0) is 4.79 Å². The van der Waals surface area contributed by atoms with Gasteiger partial charge in [-0.1, -0.05) is 13.3 Å². The number of ether oxygens (including phenoxy) is 2. The summed E-state index contributed by atoms with van der Waals surface area (Å²) in [5.41, 5.74) is 6.34. The number of hydrogen-bond acceptors (Lipinski definition) is 4. The molecule has 1 aromatic carbocycles. The first kappa shape index (κ1) is 14.3. The zero-order valence-corrected chi connectivity index (χ0v) is 11.0. The summed E-state index contributed by atoms with van der Waals surface area (Å²) >= 11 is 0. The Labute approximate surface area is 107 Å². The first-order chi connectivity index (χ1) is 8.62. The molecule has 0 spiro atoms. The van der Waals surface area contributed by atoms with Crippen LogP contribution in [0.2, 0.25) is 0 Å². The molecule has 0 saturated carbocycles. The molecule has 0 aliphatic carbocycles. The maximum absolute atomic E-state index is 11.8. The first-order valence-electron chi connectivity index (χ1n) is 5.90. The van der Waals surface area contributed by atoms with Crippen molar-refractivity contribution < 1.29 is 14.3 Å². The fraction of sp³-hybridized carbons (Fsp3) is 0.462. The molecule has 18 heavy (non-hydrogen) atoms. The van der Waals surface area contributed by atoms with Crippen molar-refractivity contribution in [2.24, 2.45) is 5.73 Å². The van der Waals surface area contributed by atoms with Gasteiger partial charge in [-0.3, -0.25) is 4.79 Å². The number of benzene rings is 1. The highest BCUT2D eigenvalue weighted by molar-refractivity contribution is 5.96. The van der Waals surface area contributed by atoms with Crippen LogP contribution in [0.5, 0.6) is 11.5 Å². The number of rotatable bonds is 6. The Kier molecular flexibility index (Phi) is 5.45. The van der Waals surface area contributed by atoms with E-state index in [1.807, 2.05) is 6.92 Å². The quantitative estimate of drug-likeness (QED) is 0.809. The number of methoxy groups -OCH3 is 2. The molecule has 0 saturated heterocycles. The van der Waals surface area contributed by atoms with Gasteiger partial charge in [0.25, 0.3) is 0 Å². The Balaban J connectivity index is 2.80. The summed E-state index contributed by atoms with van der Waals surface area (Å²) in [6.45, 7) is 1.99. The molecule has 0 bridgehead atoms. The number of amides is 1. The third kappa shape index (κ3) is 3.63. The van der Waals surface area contributed by atoms with E-state index in [1.165, 1.54) is 7.11 Å². The van der Waals surface area contributed by atoms with Crippen LogP contribution < -0.4 is 20.5 Å². The molecule has 1 aromatic rings. The summed E-state index contributed by atoms with van der Waals surface area (Å²) in [7, 11) is 3.11. The Bertz CT molecular complexity index is 407. The number of nitrogens with one attached hydrogen (secondary N) is 1. The molecule has 1 rings (SSSR count). The summed E-state index contributed by atoms with van der Waals surface area (Å²) in [6.07, 6.45) is 1.53. The lowest BCUT2D eigenvalue weighted by Gasteiger charge is -2.14. The molecule has 1 amide bonds. The van der Waals surface area contributed by atoms with Gasteiger partial charge < -0.3 is 20.5 Å². The number of nitrogens with two attached hydrogens (primary N) is 1. The van der Waals surface area contributed by atoms with Crippen molar-refractivity contribution in [2.75, 3.05) is 19.5 Å². The Morgan fingerprint density at radius 1 is 1.39 bits per heavy atom. The molecule has 0 radical (unpaired) electrons. The minimum Gasteiger partial charge on any atom is -0.497 e. The molecule has 0 aliphatic rings. The van der Waals surface area contributed by atoms with Crippen molar-refractivity contribution in [1.82, 2.24) is 0 Å². The standard InChI is InChI=1S/C13H20N2O3/c1-4-5-10(14)13(16)15-11-7-6-9(17-2)8-12(11)18-3/h6-8,10H,4-5,14H2,1-3H3,(H,15,16)/t10-/m0/s1. The average Bonchev–Trinajstić information content (AvgIpc) is 2.39. The lowest BCUT2D eigenvalue weighted by atomic mass is 10.1. The Hall–Kier alpha value is -1.75. The third-order valence-electron chi connectivity index (χ3n) is 2.60. The number of anilines is 1. The van der Waals surface area contributed by atoms with Gasteiger partial charge >= 0.3 is 0 Å². The molecule has 0 heterocycles. The molecule has 0 aliphatic heterocycles. The minimum absolute atomic E-state index is 0.208. The monoisotopic (exact) mass is 252 g/mol. The molecule has 5 nitrogen and oxygen atoms in total. The highest BCUT2D eigenvalue weighted by Gasteiger charge is 2.14. The normalized spacial score (nSPS) is 11.8. The maximum Gasteiger partial charge on any atom is 0.241 e. The molecular formula is C13H20N2O3. The summed E-state index contributed by atoms with van der Waals surface area (Å²) in [5.74, 6) is 1.01. The van der Waals surface area contributed by atoms with Crippen molar-refractivity contribution >= 4 is 11.6 Å². The molecule has 100 valence electrons. The van der Waals surface area contributed by atoms with Crippen molar-refractivity contribution in [3.8, 4) is 11.5 Å². The minimum atomic E-state index is -0.498. The predicted octanol–water partition coefficient (Wildman–Crippen LogP) is 1.77. The van der Waals surface area contributed by atoms with Gasteiger partial charge in [-0.05, 0) is 18.6 Å². The van der Waals surface area contributed by atoms with Crippen LogP contribution in [0, 0.1) is 0 Å². The summed E-state index contributed by atoms with van der Waals surface area (Å²) < 4.78 is 10.3. The van der Waals surface area contributed by atoms with Crippen LogP contribution in [0.1, 0.15) is 19.8 Å². The van der Waals surface area contributed by atoms with Crippen LogP contribution in [0.25, 0.3) is 0 Å². The van der Waals surface area contributed by atoms with Crippen molar-refractivity contribution in [1.29, 1.82) is 0 Å². The van der Waals surface area contributed by atoms with E-state index in [4.69, 9.17) is 15.2 Å². The van der Waals surface area contributed by atoms with E-state index in [0.29, 0.717) is 23.6 Å². The van der Waals surface area contributed by atoms with Gasteiger partial charge in [0.1, 0.15) is 11.5 Å². The van der Waals surface area contributed by atoms with Gasteiger partial charge in [-0.2, -0.15) is 0 Å². The zero-order chi connectivity index (χ0) is 13.5. The second-order valence-corrected chi connectivity index (χ2v) is 3.95. The van der Waals surface area contributed by atoms with Gasteiger partial charge in [0.05, 0.1) is 25.9 Å². The molecule has 0 fully saturated rings. The topological polar surface area (TPSA) is 73.6 Å². The van der Waals surface area contributed by atoms with E-state index in [0.717, 1.165) is 6.42 Å². The van der Waals surface area contributed by atoms with Crippen LogP contribution in [0.3, 0.4) is 0 Å². The average molecular weight is 252 g/mol. The van der Waals surface area contributed by atoms with Crippen molar-refractivity contribution in [2.45, 2.75) is 25.8 Å². The van der Waals surface area contributed by atoms with Gasteiger partial charge in [-0.25, -0.2) is 0 Å². The van der Waals surface area contributed by atoms with E-state index in [1.54, 1.807) is 25.3 Å². The number of carbonyl (C=O) groups is 1. The zero-order valence-electron chi connectivity index (χ0n) is 11.0. The fourth-order valence-corrected chi connectivity index (χ4v) is 1.57. The van der Waals surface area contributed by atoms with Crippen LogP contribution >= 0.6 is 0 Å². The molecular weight excluding hydrogens is 232 g/mol. The number of carbonyl (C=O) groups excluding carboxylic acids is 1. The van der Waals surface area contributed by atoms with Gasteiger partial charge in [0.15, 0.2) is 0 Å². The largest absolute Gasteiger partial charge is 0.497 e. The van der Waals surface area contributed by atoms with E-state index >= 15 is 0 Å². The van der Waals surface area contributed by atoms with Crippen LogP contribution in [0.15, 0.2) is 18.2 Å². The molecule has 5 heteroatoms. The van der Waals surface area contributed by atoms with E-state index in [2.05, 4.69) is 5.32 Å². The SMILES string of the molecule is CCC[C@H](N)C(=O)Nc1ccc(OC)cc1OC. The first-order valence-corrected chi connectivity index (χ1v) is 5.90. The van der Waals surface area contributed by atoms with Gasteiger partial charge in [-0.15, -0.1) is 0 Å². The number of hydrogen-bond donors (Lipinski definition) is 2. The molecule has 0 aromatic heterocycles.